The van der Waals surface area contributed by atoms with Gasteiger partial charge < -0.3 is 15.7 Å². The number of carboxylic acids is 1. The summed E-state index contributed by atoms with van der Waals surface area (Å²) in [5, 5.41) is 25.4. The fourth-order valence-electron chi connectivity index (χ4n) is 2.97. The van der Waals surface area contributed by atoms with Crippen LogP contribution in [0, 0.1) is 16.0 Å². The Hall–Kier alpha value is -3.33. The molecule has 1 amide bonds. The molecule has 1 unspecified atom stereocenters. The summed E-state index contributed by atoms with van der Waals surface area (Å²) in [7, 11) is 0. The number of rotatable bonds is 10. The molecule has 0 spiro atoms. The van der Waals surface area contributed by atoms with Crippen LogP contribution in [0.4, 0.5) is 5.69 Å². The fourth-order valence-corrected chi connectivity index (χ4v) is 2.97. The SMILES string of the molecule is CC1CC=CC(C(=O)CNCCCC(=O)O)=C1NC(=O)c1ccccc1[N+](=O)[O-]. The molecule has 0 heterocycles. The van der Waals surface area contributed by atoms with Crippen LogP contribution in [0.5, 0.6) is 0 Å². The van der Waals surface area contributed by atoms with Gasteiger partial charge in [-0.25, -0.2) is 0 Å². The number of Topliss-reactive ketones (excluding diaryl/α,β-unsaturated/α-hetero) is 1. The number of ketones is 1. The third-order valence-electron chi connectivity index (χ3n) is 4.48. The van der Waals surface area contributed by atoms with Crippen molar-refractivity contribution in [3.05, 3.63) is 63.4 Å². The van der Waals surface area contributed by atoms with E-state index in [1.807, 2.05) is 13.0 Å². The van der Waals surface area contributed by atoms with Crippen LogP contribution in [0.3, 0.4) is 0 Å². The van der Waals surface area contributed by atoms with E-state index in [-0.39, 0.29) is 35.9 Å². The van der Waals surface area contributed by atoms with Crippen molar-refractivity contribution in [3.63, 3.8) is 0 Å². The molecule has 9 heteroatoms. The van der Waals surface area contributed by atoms with Crippen molar-refractivity contribution in [2.45, 2.75) is 26.2 Å². The van der Waals surface area contributed by atoms with Gasteiger partial charge in [0.15, 0.2) is 5.78 Å². The van der Waals surface area contributed by atoms with E-state index < -0.39 is 16.8 Å². The molecule has 2 rings (SSSR count). The van der Waals surface area contributed by atoms with E-state index in [2.05, 4.69) is 10.6 Å². The van der Waals surface area contributed by atoms with E-state index in [9.17, 15) is 24.5 Å². The lowest BCUT2D eigenvalue weighted by Gasteiger charge is -2.22. The Balaban J connectivity index is 2.14. The molecule has 0 aliphatic heterocycles. The average Bonchev–Trinajstić information content (AvgIpc) is 2.68. The van der Waals surface area contributed by atoms with Crippen molar-refractivity contribution in [1.82, 2.24) is 10.6 Å². The monoisotopic (exact) mass is 401 g/mol. The minimum absolute atomic E-state index is 0.00311. The van der Waals surface area contributed by atoms with E-state index in [4.69, 9.17) is 5.11 Å². The van der Waals surface area contributed by atoms with Crippen molar-refractivity contribution in [2.75, 3.05) is 13.1 Å². The molecular weight excluding hydrogens is 378 g/mol. The summed E-state index contributed by atoms with van der Waals surface area (Å²) in [6, 6.07) is 5.63. The molecule has 1 aromatic rings. The van der Waals surface area contributed by atoms with Gasteiger partial charge in [0.25, 0.3) is 11.6 Å². The zero-order chi connectivity index (χ0) is 21.4. The molecule has 3 N–H and O–H groups in total. The number of amides is 1. The molecule has 0 fully saturated rings. The molecule has 1 aliphatic carbocycles. The molecule has 0 saturated carbocycles. The highest BCUT2D eigenvalue weighted by Crippen LogP contribution is 2.25. The van der Waals surface area contributed by atoms with E-state index in [1.54, 1.807) is 6.08 Å². The van der Waals surface area contributed by atoms with Crippen LogP contribution in [-0.4, -0.2) is 40.8 Å². The van der Waals surface area contributed by atoms with Crippen LogP contribution < -0.4 is 10.6 Å². The second kappa shape index (κ2) is 10.3. The predicted molar refractivity (Wildman–Crippen MR) is 105 cm³/mol. The van der Waals surface area contributed by atoms with E-state index in [0.717, 1.165) is 0 Å². The van der Waals surface area contributed by atoms with Gasteiger partial charge in [0.2, 0.25) is 0 Å². The number of carbonyl (C=O) groups excluding carboxylic acids is 2. The minimum Gasteiger partial charge on any atom is -0.481 e. The van der Waals surface area contributed by atoms with Crippen LogP contribution in [0.1, 0.15) is 36.5 Å². The third-order valence-corrected chi connectivity index (χ3v) is 4.48. The first-order valence-corrected chi connectivity index (χ1v) is 9.22. The zero-order valence-corrected chi connectivity index (χ0v) is 16.0. The maximum absolute atomic E-state index is 12.7. The topological polar surface area (TPSA) is 139 Å². The summed E-state index contributed by atoms with van der Waals surface area (Å²) in [6.45, 7) is 2.23. The lowest BCUT2D eigenvalue weighted by Crippen LogP contribution is -2.33. The molecule has 154 valence electrons. The van der Waals surface area contributed by atoms with Crippen molar-refractivity contribution in [3.8, 4) is 0 Å². The fraction of sp³-hybridized carbons (Fsp3) is 0.350. The molecular formula is C20H23N3O6. The number of hydrogen-bond donors (Lipinski definition) is 3. The first kappa shape index (κ1) is 22.0. The van der Waals surface area contributed by atoms with Gasteiger partial charge in [-0.1, -0.05) is 31.2 Å². The number of carboxylic acid groups (broad SMARTS) is 1. The smallest absolute Gasteiger partial charge is 0.303 e. The quantitative estimate of drug-likeness (QED) is 0.310. The highest BCUT2D eigenvalue weighted by Gasteiger charge is 2.25. The molecule has 0 radical (unpaired) electrons. The number of nitrogens with one attached hydrogen (secondary N) is 2. The highest BCUT2D eigenvalue weighted by molar-refractivity contribution is 6.03. The van der Waals surface area contributed by atoms with Gasteiger partial charge >= 0.3 is 5.97 Å². The average molecular weight is 401 g/mol. The number of nitro benzene ring substituents is 1. The summed E-state index contributed by atoms with van der Waals surface area (Å²) >= 11 is 0. The van der Waals surface area contributed by atoms with Gasteiger partial charge in [-0.3, -0.25) is 24.5 Å². The van der Waals surface area contributed by atoms with Crippen LogP contribution in [0.2, 0.25) is 0 Å². The Morgan fingerprint density at radius 2 is 2.00 bits per heavy atom. The second-order valence-electron chi connectivity index (χ2n) is 6.69. The van der Waals surface area contributed by atoms with Gasteiger partial charge in [0, 0.05) is 29.7 Å². The zero-order valence-electron chi connectivity index (χ0n) is 16.0. The first-order valence-electron chi connectivity index (χ1n) is 9.22. The Labute approximate surface area is 167 Å². The van der Waals surface area contributed by atoms with Gasteiger partial charge in [-0.2, -0.15) is 0 Å². The Morgan fingerprint density at radius 1 is 1.28 bits per heavy atom. The number of benzene rings is 1. The lowest BCUT2D eigenvalue weighted by atomic mass is 9.91. The van der Waals surface area contributed by atoms with Crippen molar-refractivity contribution in [2.24, 2.45) is 5.92 Å². The highest BCUT2D eigenvalue weighted by atomic mass is 16.6. The molecule has 1 aliphatic rings. The largest absolute Gasteiger partial charge is 0.481 e. The molecule has 29 heavy (non-hydrogen) atoms. The number of para-hydroxylation sites is 1. The third kappa shape index (κ3) is 6.08. The predicted octanol–water partition coefficient (Wildman–Crippen LogP) is 2.20. The number of carbonyl (C=O) groups is 3. The number of nitrogens with zero attached hydrogens (tertiary/aromatic N) is 1. The lowest BCUT2D eigenvalue weighted by molar-refractivity contribution is -0.385. The Kier molecular flexibility index (Phi) is 7.79. The van der Waals surface area contributed by atoms with Gasteiger partial charge in [0.1, 0.15) is 5.56 Å². The van der Waals surface area contributed by atoms with Gasteiger partial charge in [-0.05, 0) is 25.5 Å². The maximum Gasteiger partial charge on any atom is 0.303 e. The van der Waals surface area contributed by atoms with Gasteiger partial charge in [-0.15, -0.1) is 0 Å². The molecule has 1 atom stereocenters. The normalized spacial score (nSPS) is 15.8. The molecule has 1 aromatic carbocycles. The van der Waals surface area contributed by atoms with Crippen LogP contribution >= 0.6 is 0 Å². The van der Waals surface area contributed by atoms with Crippen molar-refractivity contribution < 1.29 is 24.4 Å². The summed E-state index contributed by atoms with van der Waals surface area (Å²) in [6.07, 6.45) is 4.50. The molecule has 0 saturated heterocycles. The standard InChI is InChI=1S/C20H23N3O6/c1-13-6-4-8-15(17(24)12-21-11-5-10-18(25)26)19(13)22-20(27)14-7-2-3-9-16(14)23(28)29/h2-4,7-9,13,21H,5-6,10-12H2,1H3,(H,22,27)(H,25,26). The summed E-state index contributed by atoms with van der Waals surface area (Å²) < 4.78 is 0. The van der Waals surface area contributed by atoms with Crippen LogP contribution in [0.15, 0.2) is 47.7 Å². The number of allylic oxidation sites excluding steroid dienone is 3. The van der Waals surface area contributed by atoms with E-state index in [0.29, 0.717) is 30.7 Å². The molecule has 0 aromatic heterocycles. The van der Waals surface area contributed by atoms with Crippen LogP contribution in [-0.2, 0) is 9.59 Å². The van der Waals surface area contributed by atoms with Crippen LogP contribution in [0.25, 0.3) is 0 Å². The maximum atomic E-state index is 12.7. The first-order chi connectivity index (χ1) is 13.8. The Morgan fingerprint density at radius 3 is 2.69 bits per heavy atom. The van der Waals surface area contributed by atoms with E-state index >= 15 is 0 Å². The Bertz CT molecular complexity index is 875. The number of hydrogen-bond acceptors (Lipinski definition) is 6. The number of aliphatic carboxylic acids is 1. The second-order valence-corrected chi connectivity index (χ2v) is 6.69. The molecule has 0 bridgehead atoms. The summed E-state index contributed by atoms with van der Waals surface area (Å²) in [5.74, 6) is -1.93. The molecule has 9 nitrogen and oxygen atoms in total. The van der Waals surface area contributed by atoms with E-state index in [1.165, 1.54) is 24.3 Å². The van der Waals surface area contributed by atoms with Crippen molar-refractivity contribution >= 4 is 23.3 Å². The number of nitro groups is 1. The van der Waals surface area contributed by atoms with Gasteiger partial charge in [0.05, 0.1) is 11.5 Å². The minimum atomic E-state index is -0.898. The summed E-state index contributed by atoms with van der Waals surface area (Å²) in [4.78, 5) is 46.3. The summed E-state index contributed by atoms with van der Waals surface area (Å²) in [5.41, 5.74) is 0.373. The van der Waals surface area contributed by atoms with Crippen molar-refractivity contribution in [1.29, 1.82) is 0 Å².